The van der Waals surface area contributed by atoms with Gasteiger partial charge in [0.15, 0.2) is 5.65 Å². The van der Waals surface area contributed by atoms with Gasteiger partial charge in [-0.2, -0.15) is 0 Å². The van der Waals surface area contributed by atoms with Crippen LogP contribution in [-0.4, -0.2) is 84.7 Å². The zero-order chi connectivity index (χ0) is 22.2. The molecule has 9 heteroatoms. The maximum atomic E-state index is 4.73. The molecule has 1 aliphatic heterocycles. The van der Waals surface area contributed by atoms with E-state index in [1.807, 2.05) is 35.2 Å². The average Bonchev–Trinajstić information content (AvgIpc) is 3.28. The monoisotopic (exact) mass is 443 g/mol. The summed E-state index contributed by atoms with van der Waals surface area (Å²) in [5.41, 5.74) is 4.39. The molecule has 9 nitrogen and oxygen atoms in total. The number of pyridine rings is 1. The lowest BCUT2D eigenvalue weighted by Crippen LogP contribution is -2.50. The van der Waals surface area contributed by atoms with Crippen LogP contribution < -0.4 is 5.32 Å². The molecule has 0 atom stereocenters. The van der Waals surface area contributed by atoms with Gasteiger partial charge in [-0.3, -0.25) is 9.88 Å². The minimum atomic E-state index is 0.435. The van der Waals surface area contributed by atoms with Crippen molar-refractivity contribution in [2.24, 2.45) is 0 Å². The standard InChI is InChI=1S/C24H29N9/c1-31-10-12-32(13-11-31)19-4-2-18(3-5-19)29-24-28-16-22-20(6-9-33(22)30-24)17-14-21-23(27-15-17)26-8-7-25-21/h6-9,14-16,18-19H,2-5,10-13H2,1H3,(H,29,30)/t18-,19-. The van der Waals surface area contributed by atoms with Gasteiger partial charge in [0.05, 0.1) is 11.7 Å². The van der Waals surface area contributed by atoms with Crippen LogP contribution in [0.3, 0.4) is 0 Å². The summed E-state index contributed by atoms with van der Waals surface area (Å²) in [5.74, 6) is 0.690. The SMILES string of the molecule is CN1CCN([C@H]2CC[C@H](Nc3ncc4c(-c5cnc6nccnc6c5)ccn4n3)CC2)CC1. The number of likely N-dealkylation sites (N-methyl/N-ethyl adjacent to an activating group) is 1. The molecule has 1 saturated carbocycles. The average molecular weight is 444 g/mol. The fraction of sp³-hybridized carbons (Fsp3) is 0.458. The number of piperazine rings is 1. The lowest BCUT2D eigenvalue weighted by Gasteiger charge is -2.41. The van der Waals surface area contributed by atoms with E-state index < -0.39 is 0 Å². The normalized spacial score (nSPS) is 22.7. The molecule has 1 aliphatic carbocycles. The minimum absolute atomic E-state index is 0.435. The van der Waals surface area contributed by atoms with Crippen LogP contribution in [0.25, 0.3) is 27.8 Å². The molecule has 0 unspecified atom stereocenters. The molecular weight excluding hydrogens is 414 g/mol. The largest absolute Gasteiger partial charge is 0.350 e. The van der Waals surface area contributed by atoms with Crippen molar-refractivity contribution in [3.63, 3.8) is 0 Å². The van der Waals surface area contributed by atoms with E-state index in [2.05, 4.69) is 42.1 Å². The van der Waals surface area contributed by atoms with Gasteiger partial charge in [0.25, 0.3) is 0 Å². The number of hydrogen-bond donors (Lipinski definition) is 1. The molecule has 0 bridgehead atoms. The number of fused-ring (bicyclic) bond motifs is 2. The van der Waals surface area contributed by atoms with Crippen molar-refractivity contribution in [1.29, 1.82) is 0 Å². The van der Waals surface area contributed by atoms with Gasteiger partial charge in [0, 0.05) is 74.2 Å². The Kier molecular flexibility index (Phi) is 5.35. The summed E-state index contributed by atoms with van der Waals surface area (Å²) >= 11 is 0. The van der Waals surface area contributed by atoms with Gasteiger partial charge in [0.2, 0.25) is 5.95 Å². The minimum Gasteiger partial charge on any atom is -0.350 e. The number of anilines is 1. The molecule has 0 amide bonds. The summed E-state index contributed by atoms with van der Waals surface area (Å²) < 4.78 is 1.89. The van der Waals surface area contributed by atoms with Crippen LogP contribution in [0.2, 0.25) is 0 Å². The van der Waals surface area contributed by atoms with E-state index in [9.17, 15) is 0 Å². The molecule has 0 spiro atoms. The fourth-order valence-corrected chi connectivity index (χ4v) is 5.17. The number of aromatic nitrogens is 6. The zero-order valence-corrected chi connectivity index (χ0v) is 18.9. The van der Waals surface area contributed by atoms with E-state index in [-0.39, 0.29) is 0 Å². The Bertz CT molecular complexity index is 1250. The molecular formula is C24H29N9. The third kappa shape index (κ3) is 4.14. The fourth-order valence-electron chi connectivity index (χ4n) is 5.17. The summed E-state index contributed by atoms with van der Waals surface area (Å²) in [4.78, 5) is 22.8. The highest BCUT2D eigenvalue weighted by Gasteiger charge is 2.28. The number of nitrogens with zero attached hydrogens (tertiary/aromatic N) is 8. The van der Waals surface area contributed by atoms with Crippen molar-refractivity contribution >= 4 is 22.6 Å². The Morgan fingerprint density at radius 1 is 0.909 bits per heavy atom. The second kappa shape index (κ2) is 8.64. The van der Waals surface area contributed by atoms with Crippen molar-refractivity contribution in [2.45, 2.75) is 37.8 Å². The number of nitrogens with one attached hydrogen (secondary N) is 1. The van der Waals surface area contributed by atoms with Gasteiger partial charge >= 0.3 is 0 Å². The second-order valence-electron chi connectivity index (χ2n) is 9.25. The van der Waals surface area contributed by atoms with Gasteiger partial charge < -0.3 is 10.2 Å². The molecule has 33 heavy (non-hydrogen) atoms. The summed E-state index contributed by atoms with van der Waals surface area (Å²) in [6, 6.07) is 5.22. The van der Waals surface area contributed by atoms with Crippen molar-refractivity contribution in [3.05, 3.63) is 43.1 Å². The zero-order valence-electron chi connectivity index (χ0n) is 18.9. The Labute approximate surface area is 192 Å². The van der Waals surface area contributed by atoms with Gasteiger partial charge in [0.1, 0.15) is 5.52 Å². The van der Waals surface area contributed by atoms with E-state index in [1.54, 1.807) is 12.4 Å². The molecule has 170 valence electrons. The lowest BCUT2D eigenvalue weighted by atomic mass is 9.90. The van der Waals surface area contributed by atoms with E-state index in [1.165, 1.54) is 51.9 Å². The van der Waals surface area contributed by atoms with E-state index in [4.69, 9.17) is 5.10 Å². The number of rotatable bonds is 4. The summed E-state index contributed by atoms with van der Waals surface area (Å²) in [7, 11) is 2.22. The first-order chi connectivity index (χ1) is 16.2. The highest BCUT2D eigenvalue weighted by molar-refractivity contribution is 5.84. The van der Waals surface area contributed by atoms with Crippen molar-refractivity contribution in [3.8, 4) is 11.1 Å². The van der Waals surface area contributed by atoms with Gasteiger partial charge in [-0.25, -0.2) is 19.5 Å². The van der Waals surface area contributed by atoms with E-state index in [0.29, 0.717) is 17.6 Å². The molecule has 4 aromatic heterocycles. The molecule has 1 N–H and O–H groups in total. The number of hydrogen-bond acceptors (Lipinski definition) is 8. The van der Waals surface area contributed by atoms with Crippen LogP contribution in [0.15, 0.2) is 43.1 Å². The van der Waals surface area contributed by atoms with Crippen molar-refractivity contribution < 1.29 is 0 Å². The first-order valence-corrected chi connectivity index (χ1v) is 11.8. The Morgan fingerprint density at radius 2 is 1.73 bits per heavy atom. The highest BCUT2D eigenvalue weighted by Crippen LogP contribution is 2.28. The van der Waals surface area contributed by atoms with Crippen LogP contribution in [0, 0.1) is 0 Å². The molecule has 0 radical (unpaired) electrons. The molecule has 0 aromatic carbocycles. The lowest BCUT2D eigenvalue weighted by molar-refractivity contribution is 0.0893. The third-order valence-corrected chi connectivity index (χ3v) is 7.14. The van der Waals surface area contributed by atoms with Crippen LogP contribution >= 0.6 is 0 Å². The predicted octanol–water partition coefficient (Wildman–Crippen LogP) is 2.71. The quantitative estimate of drug-likeness (QED) is 0.515. The maximum Gasteiger partial charge on any atom is 0.241 e. The van der Waals surface area contributed by atoms with Gasteiger partial charge in [-0.1, -0.05) is 0 Å². The highest BCUT2D eigenvalue weighted by atomic mass is 15.3. The van der Waals surface area contributed by atoms with Crippen LogP contribution in [-0.2, 0) is 0 Å². The summed E-state index contributed by atoms with van der Waals surface area (Å²) in [5, 5.41) is 8.30. The van der Waals surface area contributed by atoms with Gasteiger partial charge in [-0.15, -0.1) is 5.10 Å². The summed E-state index contributed by atoms with van der Waals surface area (Å²) in [6.45, 7) is 4.78. The molecule has 2 aliphatic rings. The molecule has 6 rings (SSSR count). The van der Waals surface area contributed by atoms with Crippen molar-refractivity contribution in [1.82, 2.24) is 39.3 Å². The maximum absolute atomic E-state index is 4.73. The molecule has 4 aromatic rings. The Hall–Kier alpha value is -3.17. The smallest absolute Gasteiger partial charge is 0.241 e. The molecule has 5 heterocycles. The van der Waals surface area contributed by atoms with E-state index in [0.717, 1.165) is 28.2 Å². The first-order valence-electron chi connectivity index (χ1n) is 11.8. The summed E-state index contributed by atoms with van der Waals surface area (Å²) in [6.07, 6.45) is 13.9. The Balaban J connectivity index is 1.13. The van der Waals surface area contributed by atoms with Crippen LogP contribution in [0.4, 0.5) is 5.95 Å². The third-order valence-electron chi connectivity index (χ3n) is 7.14. The molecule has 2 fully saturated rings. The van der Waals surface area contributed by atoms with Crippen LogP contribution in [0.1, 0.15) is 25.7 Å². The predicted molar refractivity (Wildman–Crippen MR) is 128 cm³/mol. The van der Waals surface area contributed by atoms with Crippen LogP contribution in [0.5, 0.6) is 0 Å². The molecule has 1 saturated heterocycles. The van der Waals surface area contributed by atoms with Gasteiger partial charge in [-0.05, 0) is 44.9 Å². The van der Waals surface area contributed by atoms with E-state index >= 15 is 0 Å². The second-order valence-corrected chi connectivity index (χ2v) is 9.25. The first kappa shape index (κ1) is 20.4. The Morgan fingerprint density at radius 3 is 2.58 bits per heavy atom. The van der Waals surface area contributed by atoms with Crippen molar-refractivity contribution in [2.75, 3.05) is 38.5 Å². The topological polar surface area (TPSA) is 87.4 Å².